The molecule has 4 heterocycles. The van der Waals surface area contributed by atoms with Crippen molar-refractivity contribution in [2.45, 2.75) is 0 Å². The molecule has 11 aromatic rings. The highest BCUT2D eigenvalue weighted by Gasteiger charge is 2.20. The van der Waals surface area contributed by atoms with E-state index in [0.29, 0.717) is 5.95 Å². The third kappa shape index (κ3) is 4.68. The summed E-state index contributed by atoms with van der Waals surface area (Å²) in [5.74, 6) is 0.673. The van der Waals surface area contributed by atoms with Crippen LogP contribution in [0.5, 0.6) is 0 Å². The zero-order chi connectivity index (χ0) is 34.9. The van der Waals surface area contributed by atoms with Crippen LogP contribution in [0, 0.1) is 0 Å². The van der Waals surface area contributed by atoms with Crippen molar-refractivity contribution < 1.29 is 0 Å². The molecule has 0 aliphatic heterocycles. The third-order valence-corrected chi connectivity index (χ3v) is 11.3. The van der Waals surface area contributed by atoms with Crippen molar-refractivity contribution in [3.8, 4) is 45.1 Å². The van der Waals surface area contributed by atoms with Crippen molar-refractivity contribution in [1.82, 2.24) is 19.1 Å². The van der Waals surface area contributed by atoms with Gasteiger partial charge in [0, 0.05) is 38.2 Å². The van der Waals surface area contributed by atoms with Crippen LogP contribution in [0.25, 0.3) is 99.0 Å². The lowest BCUT2D eigenvalue weighted by Crippen LogP contribution is -2.03. The first-order valence-corrected chi connectivity index (χ1v) is 18.7. The van der Waals surface area contributed by atoms with Gasteiger partial charge in [-0.1, -0.05) is 121 Å². The van der Waals surface area contributed by atoms with Gasteiger partial charge in [-0.3, -0.25) is 4.57 Å². The van der Waals surface area contributed by atoms with Gasteiger partial charge >= 0.3 is 0 Å². The minimum Gasteiger partial charge on any atom is -0.309 e. The fourth-order valence-electron chi connectivity index (χ4n) is 8.08. The second-order valence-electron chi connectivity index (χ2n) is 13.4. The zero-order valence-corrected chi connectivity index (χ0v) is 29.3. The van der Waals surface area contributed by atoms with Crippen LogP contribution in [0.15, 0.2) is 181 Å². The molecule has 53 heavy (non-hydrogen) atoms. The molecule has 248 valence electrons. The van der Waals surface area contributed by atoms with Crippen molar-refractivity contribution in [2.75, 3.05) is 0 Å². The highest BCUT2D eigenvalue weighted by molar-refractivity contribution is 7.16. The number of hydrogen-bond donors (Lipinski definition) is 0. The van der Waals surface area contributed by atoms with E-state index >= 15 is 0 Å². The number of para-hydroxylation sites is 3. The molecule has 0 aliphatic carbocycles. The Balaban J connectivity index is 1.10. The van der Waals surface area contributed by atoms with Gasteiger partial charge in [0.2, 0.25) is 5.95 Å². The Morgan fingerprint density at radius 1 is 0.377 bits per heavy atom. The van der Waals surface area contributed by atoms with Crippen molar-refractivity contribution >= 4 is 65.2 Å². The lowest BCUT2D eigenvalue weighted by atomic mass is 9.96. The van der Waals surface area contributed by atoms with Crippen LogP contribution in [0.2, 0.25) is 0 Å². The molecule has 0 atom stereocenters. The second-order valence-corrected chi connectivity index (χ2v) is 14.3. The van der Waals surface area contributed by atoms with Gasteiger partial charge < -0.3 is 4.57 Å². The van der Waals surface area contributed by atoms with Crippen molar-refractivity contribution in [2.24, 2.45) is 0 Å². The highest BCUT2D eigenvalue weighted by Crippen LogP contribution is 2.40. The largest absolute Gasteiger partial charge is 0.309 e. The van der Waals surface area contributed by atoms with Gasteiger partial charge in [-0.05, 0) is 82.2 Å². The summed E-state index contributed by atoms with van der Waals surface area (Å²) in [4.78, 5) is 11.6. The normalized spacial score (nSPS) is 11.8. The predicted octanol–water partition coefficient (Wildman–Crippen LogP) is 12.9. The summed E-state index contributed by atoms with van der Waals surface area (Å²) in [6, 6.07) is 62.9. The van der Waals surface area contributed by atoms with Crippen LogP contribution in [0.1, 0.15) is 0 Å². The first-order valence-electron chi connectivity index (χ1n) is 17.8. The molecule has 0 saturated heterocycles. The maximum atomic E-state index is 5.40. The number of rotatable bonds is 5. The van der Waals surface area contributed by atoms with Crippen LogP contribution >= 0.6 is 11.3 Å². The van der Waals surface area contributed by atoms with Gasteiger partial charge in [0.25, 0.3) is 0 Å². The molecule has 5 heteroatoms. The van der Waals surface area contributed by atoms with Crippen molar-refractivity contribution in [1.29, 1.82) is 0 Å². The smallest absolute Gasteiger partial charge is 0.236 e. The molecule has 0 unspecified atom stereocenters. The number of nitrogens with zero attached hydrogens (tertiary/aromatic N) is 4. The first kappa shape index (κ1) is 29.9. The quantitative estimate of drug-likeness (QED) is 0.180. The Bertz CT molecular complexity index is 3170. The lowest BCUT2D eigenvalue weighted by Gasteiger charge is -2.13. The molecule has 0 aliphatic rings. The number of benzene rings is 7. The lowest BCUT2D eigenvalue weighted by molar-refractivity contribution is 1.02. The van der Waals surface area contributed by atoms with E-state index in [1.54, 1.807) is 11.3 Å². The van der Waals surface area contributed by atoms with Gasteiger partial charge in [-0.2, -0.15) is 0 Å². The van der Waals surface area contributed by atoms with E-state index in [9.17, 15) is 0 Å². The maximum Gasteiger partial charge on any atom is 0.236 e. The fraction of sp³-hybridized carbons (Fsp3) is 0. The topological polar surface area (TPSA) is 35.6 Å². The first-order chi connectivity index (χ1) is 26.3. The van der Waals surface area contributed by atoms with E-state index in [0.717, 1.165) is 43.8 Å². The van der Waals surface area contributed by atoms with Crippen molar-refractivity contribution in [3.05, 3.63) is 181 Å². The van der Waals surface area contributed by atoms with Gasteiger partial charge in [0.05, 0.1) is 27.8 Å². The highest BCUT2D eigenvalue weighted by atomic mass is 32.1. The summed E-state index contributed by atoms with van der Waals surface area (Å²) in [6.45, 7) is 0. The standard InChI is InChI=1S/C48H30N4S/c1-3-13-31(14-4-1)35-17-7-8-20-38(35)46-39-27-28-53-47(39)50-48(49-46)52-43-22-12-10-19-37(43)41-30-33(24-26-45(41)52)32-23-25-44-40(29-32)36-18-9-11-21-42(36)51(44)34-15-5-2-6-16-34/h1-30H. The van der Waals surface area contributed by atoms with E-state index in [4.69, 9.17) is 9.97 Å². The average Bonchev–Trinajstić information content (AvgIpc) is 3.93. The van der Waals surface area contributed by atoms with Crippen LogP contribution in [-0.4, -0.2) is 19.1 Å². The number of aromatic nitrogens is 4. The molecule has 0 saturated carbocycles. The molecule has 7 aromatic carbocycles. The summed E-state index contributed by atoms with van der Waals surface area (Å²) in [7, 11) is 0. The van der Waals surface area contributed by atoms with Crippen LogP contribution in [0.3, 0.4) is 0 Å². The molecule has 0 N–H and O–H groups in total. The number of thiophene rings is 1. The average molecular weight is 695 g/mol. The monoisotopic (exact) mass is 694 g/mol. The molecular formula is C48H30N4S. The third-order valence-electron chi connectivity index (χ3n) is 10.5. The summed E-state index contributed by atoms with van der Waals surface area (Å²) < 4.78 is 4.60. The Morgan fingerprint density at radius 2 is 0.925 bits per heavy atom. The molecule has 4 aromatic heterocycles. The Kier molecular flexibility index (Phi) is 6.69. The number of hydrogen-bond acceptors (Lipinski definition) is 3. The molecule has 11 rings (SSSR count). The summed E-state index contributed by atoms with van der Waals surface area (Å²) >= 11 is 1.66. The number of fused-ring (bicyclic) bond motifs is 7. The zero-order valence-electron chi connectivity index (χ0n) is 28.5. The van der Waals surface area contributed by atoms with Crippen molar-refractivity contribution in [3.63, 3.8) is 0 Å². The Morgan fingerprint density at radius 3 is 1.62 bits per heavy atom. The summed E-state index contributed by atoms with van der Waals surface area (Å²) in [5.41, 5.74) is 12.4. The minimum absolute atomic E-state index is 0.673. The minimum atomic E-state index is 0.673. The van der Waals surface area contributed by atoms with E-state index in [-0.39, 0.29) is 0 Å². The SMILES string of the molecule is c1ccc(-c2ccccc2-c2nc(-n3c4ccccc4c4cc(-c5ccc6c(c5)c5ccccc5n6-c5ccccc5)ccc43)nc3sccc23)cc1. The molecule has 4 nitrogen and oxygen atoms in total. The van der Waals surface area contributed by atoms with E-state index in [1.807, 2.05) is 0 Å². The van der Waals surface area contributed by atoms with Gasteiger partial charge in [-0.25, -0.2) is 9.97 Å². The molecular weight excluding hydrogens is 665 g/mol. The molecule has 0 bridgehead atoms. The fourth-order valence-corrected chi connectivity index (χ4v) is 8.84. The Hall–Kier alpha value is -6.82. The van der Waals surface area contributed by atoms with E-state index in [1.165, 1.54) is 49.3 Å². The van der Waals surface area contributed by atoms with Gasteiger partial charge in [0.15, 0.2) is 0 Å². The Labute approximate surface area is 309 Å². The summed E-state index contributed by atoms with van der Waals surface area (Å²) in [6.07, 6.45) is 0. The second kappa shape index (κ2) is 11.9. The molecule has 0 spiro atoms. The molecule has 0 fully saturated rings. The maximum absolute atomic E-state index is 5.40. The molecule has 0 radical (unpaired) electrons. The van der Waals surface area contributed by atoms with Crippen LogP contribution < -0.4 is 0 Å². The van der Waals surface area contributed by atoms with E-state index < -0.39 is 0 Å². The van der Waals surface area contributed by atoms with Gasteiger partial charge in [0.1, 0.15) is 4.83 Å². The molecule has 0 amide bonds. The summed E-state index contributed by atoms with van der Waals surface area (Å²) in [5, 5.41) is 8.01. The van der Waals surface area contributed by atoms with Crippen LogP contribution in [-0.2, 0) is 0 Å². The van der Waals surface area contributed by atoms with Crippen LogP contribution in [0.4, 0.5) is 0 Å². The van der Waals surface area contributed by atoms with Gasteiger partial charge in [-0.15, -0.1) is 11.3 Å². The van der Waals surface area contributed by atoms with E-state index in [2.05, 4.69) is 190 Å². The predicted molar refractivity (Wildman–Crippen MR) is 222 cm³/mol.